The number of methoxy groups -OCH3 is 1. The van der Waals surface area contributed by atoms with Crippen molar-refractivity contribution < 1.29 is 14.3 Å². The van der Waals surface area contributed by atoms with Crippen molar-refractivity contribution in [2.45, 2.75) is 41.2 Å². The van der Waals surface area contributed by atoms with Gasteiger partial charge in [-0.3, -0.25) is 4.68 Å². The summed E-state index contributed by atoms with van der Waals surface area (Å²) in [6, 6.07) is 0. The van der Waals surface area contributed by atoms with Crippen LogP contribution in [0.2, 0.25) is 0 Å². The van der Waals surface area contributed by atoms with E-state index in [9.17, 15) is 4.79 Å². The number of carbonyl (C=O) groups excluding carboxylic acids is 1. The molecule has 0 saturated heterocycles. The summed E-state index contributed by atoms with van der Waals surface area (Å²) >= 11 is 0. The van der Waals surface area contributed by atoms with Gasteiger partial charge >= 0.3 is 5.97 Å². The average molecular weight is 398 g/mol. The molecule has 1 aliphatic carbocycles. The number of carbonyl (C=O) groups is 1. The van der Waals surface area contributed by atoms with Gasteiger partial charge < -0.3 is 9.47 Å². The Bertz CT molecular complexity index is 1070. The first kappa shape index (κ1) is 19.4. The molecule has 0 radical (unpaired) electrons. The Kier molecular flexibility index (Phi) is 4.36. The molecule has 0 amide bonds. The normalized spacial score (nSPS) is 17.4. The zero-order chi connectivity index (χ0) is 21.0. The van der Waals surface area contributed by atoms with Gasteiger partial charge in [0.25, 0.3) is 5.95 Å². The van der Waals surface area contributed by atoms with E-state index in [1.807, 2.05) is 4.68 Å². The largest absolute Gasteiger partial charge is 0.479 e. The van der Waals surface area contributed by atoms with E-state index >= 15 is 0 Å². The van der Waals surface area contributed by atoms with E-state index in [0.29, 0.717) is 35.4 Å². The minimum atomic E-state index is -0.436. The van der Waals surface area contributed by atoms with Crippen LogP contribution in [-0.4, -0.2) is 49.2 Å². The van der Waals surface area contributed by atoms with Gasteiger partial charge in [0.2, 0.25) is 5.88 Å². The summed E-state index contributed by atoms with van der Waals surface area (Å²) in [5.41, 5.74) is 2.25. The first-order valence-electron chi connectivity index (χ1n) is 9.70. The van der Waals surface area contributed by atoms with E-state index in [4.69, 9.17) is 9.47 Å². The van der Waals surface area contributed by atoms with E-state index in [0.717, 1.165) is 12.1 Å². The number of rotatable bonds is 6. The van der Waals surface area contributed by atoms with Crippen LogP contribution in [0.5, 0.6) is 5.88 Å². The molecular formula is C20H26N6O3. The Morgan fingerprint density at radius 1 is 1.14 bits per heavy atom. The molecule has 0 N–H and O–H groups in total. The van der Waals surface area contributed by atoms with Crippen LogP contribution in [0.25, 0.3) is 17.0 Å². The van der Waals surface area contributed by atoms with Crippen LogP contribution in [0.3, 0.4) is 0 Å². The summed E-state index contributed by atoms with van der Waals surface area (Å²) in [4.78, 5) is 21.0. The van der Waals surface area contributed by atoms with Gasteiger partial charge in [0.1, 0.15) is 11.0 Å². The number of ether oxygens (including phenoxy) is 2. The topological polar surface area (TPSA) is 97.0 Å². The van der Waals surface area contributed by atoms with Crippen LogP contribution in [-0.2, 0) is 11.3 Å². The number of nitrogens with zero attached hydrogens (tertiary/aromatic N) is 6. The lowest BCUT2D eigenvalue weighted by molar-refractivity contribution is 0.0526. The molecule has 0 aromatic carbocycles. The van der Waals surface area contributed by atoms with Gasteiger partial charge in [0, 0.05) is 12.7 Å². The highest BCUT2D eigenvalue weighted by atomic mass is 16.5. The fraction of sp³-hybridized carbons (Fsp3) is 0.550. The molecule has 4 rings (SSSR count). The van der Waals surface area contributed by atoms with Gasteiger partial charge in [-0.05, 0) is 23.7 Å². The fourth-order valence-corrected chi connectivity index (χ4v) is 4.05. The molecule has 3 heterocycles. The van der Waals surface area contributed by atoms with Crippen LogP contribution < -0.4 is 4.74 Å². The van der Waals surface area contributed by atoms with Crippen molar-refractivity contribution in [3.63, 3.8) is 0 Å². The molecule has 1 aliphatic rings. The first-order valence-corrected chi connectivity index (χ1v) is 9.70. The molecule has 1 saturated carbocycles. The molecular weight excluding hydrogens is 372 g/mol. The highest BCUT2D eigenvalue weighted by molar-refractivity contribution is 5.88. The summed E-state index contributed by atoms with van der Waals surface area (Å²) in [5.74, 6) is 0.790. The van der Waals surface area contributed by atoms with Crippen LogP contribution in [0.15, 0.2) is 18.6 Å². The van der Waals surface area contributed by atoms with Crippen molar-refractivity contribution in [3.8, 4) is 11.8 Å². The van der Waals surface area contributed by atoms with E-state index in [-0.39, 0.29) is 10.8 Å². The molecule has 0 aliphatic heterocycles. The maximum atomic E-state index is 11.9. The lowest BCUT2D eigenvalue weighted by Crippen LogP contribution is -2.09. The zero-order valence-electron chi connectivity index (χ0n) is 17.6. The Morgan fingerprint density at radius 3 is 2.48 bits per heavy atom. The lowest BCUT2D eigenvalue weighted by atomic mass is 10.0. The van der Waals surface area contributed by atoms with E-state index < -0.39 is 5.97 Å². The SMILES string of the molecule is CCOC(=O)c1cnn(-c2nc(OC)c3c(cnn3CC3C(C)(C)C3(C)C)n2)c1. The molecule has 0 bridgehead atoms. The summed E-state index contributed by atoms with van der Waals surface area (Å²) < 4.78 is 13.9. The van der Waals surface area contributed by atoms with Gasteiger partial charge in [0.05, 0.1) is 31.7 Å². The Morgan fingerprint density at radius 2 is 1.86 bits per heavy atom. The third-order valence-electron chi connectivity index (χ3n) is 6.61. The minimum absolute atomic E-state index is 0.248. The highest BCUT2D eigenvalue weighted by Crippen LogP contribution is 2.68. The molecule has 1 fully saturated rings. The zero-order valence-corrected chi connectivity index (χ0v) is 17.6. The third kappa shape index (κ3) is 2.95. The molecule has 0 atom stereocenters. The molecule has 3 aromatic rings. The lowest BCUT2D eigenvalue weighted by Gasteiger charge is -2.09. The van der Waals surface area contributed by atoms with Gasteiger partial charge in [-0.1, -0.05) is 27.7 Å². The maximum Gasteiger partial charge on any atom is 0.341 e. The van der Waals surface area contributed by atoms with Crippen LogP contribution >= 0.6 is 0 Å². The average Bonchev–Trinajstić information content (AvgIpc) is 3.17. The number of aromatic nitrogens is 6. The van der Waals surface area contributed by atoms with Crippen molar-refractivity contribution in [1.82, 2.24) is 29.5 Å². The second-order valence-electron chi connectivity index (χ2n) is 8.48. The van der Waals surface area contributed by atoms with Crippen LogP contribution in [0, 0.1) is 16.7 Å². The highest BCUT2D eigenvalue weighted by Gasteiger charge is 2.64. The standard InChI is InChI=1S/C20H26N6O3/c1-7-29-17(27)12-8-21-26(10-12)18-23-13-9-22-25(15(13)16(24-18)28-6)11-14-19(2,3)20(14,4)5/h8-10,14H,7,11H2,1-6H3. The predicted molar refractivity (Wildman–Crippen MR) is 106 cm³/mol. The maximum absolute atomic E-state index is 11.9. The summed E-state index contributed by atoms with van der Waals surface area (Å²) in [5, 5.41) is 8.72. The van der Waals surface area contributed by atoms with Crippen molar-refractivity contribution >= 4 is 17.0 Å². The molecule has 9 heteroatoms. The number of hydrogen-bond acceptors (Lipinski definition) is 7. The monoisotopic (exact) mass is 398 g/mol. The van der Waals surface area contributed by atoms with E-state index in [2.05, 4.69) is 47.9 Å². The fourth-order valence-electron chi connectivity index (χ4n) is 4.05. The van der Waals surface area contributed by atoms with Crippen molar-refractivity contribution in [3.05, 3.63) is 24.2 Å². The summed E-state index contributed by atoms with van der Waals surface area (Å²) in [6.07, 6.45) is 4.68. The summed E-state index contributed by atoms with van der Waals surface area (Å²) in [7, 11) is 1.57. The van der Waals surface area contributed by atoms with Gasteiger partial charge in [-0.25, -0.2) is 14.5 Å². The molecule has 154 valence electrons. The predicted octanol–water partition coefficient (Wildman–Crippen LogP) is 2.88. The van der Waals surface area contributed by atoms with Gasteiger partial charge in [0.15, 0.2) is 0 Å². The van der Waals surface area contributed by atoms with Gasteiger partial charge in [-0.2, -0.15) is 15.2 Å². The van der Waals surface area contributed by atoms with Crippen molar-refractivity contribution in [1.29, 1.82) is 0 Å². The molecule has 9 nitrogen and oxygen atoms in total. The Hall–Kier alpha value is -2.97. The summed E-state index contributed by atoms with van der Waals surface area (Å²) in [6.45, 7) is 12.0. The van der Waals surface area contributed by atoms with Gasteiger partial charge in [-0.15, -0.1) is 0 Å². The Balaban J connectivity index is 1.69. The van der Waals surface area contributed by atoms with Crippen molar-refractivity contribution in [2.24, 2.45) is 16.7 Å². The quantitative estimate of drug-likeness (QED) is 0.589. The molecule has 0 unspecified atom stereocenters. The van der Waals surface area contributed by atoms with Crippen LogP contribution in [0.1, 0.15) is 45.0 Å². The number of hydrogen-bond donors (Lipinski definition) is 0. The minimum Gasteiger partial charge on any atom is -0.479 e. The van der Waals surface area contributed by atoms with Crippen LogP contribution in [0.4, 0.5) is 0 Å². The second-order valence-corrected chi connectivity index (χ2v) is 8.48. The second kappa shape index (κ2) is 6.53. The van der Waals surface area contributed by atoms with E-state index in [1.54, 1.807) is 20.2 Å². The van der Waals surface area contributed by atoms with E-state index in [1.165, 1.54) is 17.1 Å². The first-order chi connectivity index (χ1) is 13.7. The molecule has 0 spiro atoms. The molecule has 3 aromatic heterocycles. The third-order valence-corrected chi connectivity index (χ3v) is 6.61. The smallest absolute Gasteiger partial charge is 0.341 e. The van der Waals surface area contributed by atoms with Crippen molar-refractivity contribution in [2.75, 3.05) is 13.7 Å². The molecule has 29 heavy (non-hydrogen) atoms. The Labute approximate surface area is 169 Å². The number of esters is 1. The number of fused-ring (bicyclic) bond motifs is 1.